The van der Waals surface area contributed by atoms with Crippen LogP contribution < -0.4 is 0 Å². The van der Waals surface area contributed by atoms with Crippen molar-refractivity contribution in [3.8, 4) is 0 Å². The van der Waals surface area contributed by atoms with Crippen LogP contribution in [0.2, 0.25) is 0 Å². The van der Waals surface area contributed by atoms with Gasteiger partial charge in [-0.25, -0.2) is 0 Å². The van der Waals surface area contributed by atoms with Gasteiger partial charge in [0.2, 0.25) is 6.79 Å². The molecule has 0 aromatic rings. The highest BCUT2D eigenvalue weighted by atomic mass is 16.7. The van der Waals surface area contributed by atoms with Crippen LogP contribution in [0.25, 0.3) is 0 Å². The lowest BCUT2D eigenvalue weighted by atomic mass is 9.88. The molecule has 0 saturated heterocycles. The summed E-state index contributed by atoms with van der Waals surface area (Å²) >= 11 is 0. The summed E-state index contributed by atoms with van der Waals surface area (Å²) in [6.07, 6.45) is 0.788. The maximum absolute atomic E-state index is 11.7. The van der Waals surface area contributed by atoms with Crippen LogP contribution in [0.15, 0.2) is 0 Å². The van der Waals surface area contributed by atoms with E-state index >= 15 is 0 Å². The quantitative estimate of drug-likeness (QED) is 0.519. The third-order valence-electron chi connectivity index (χ3n) is 2.30. The van der Waals surface area contributed by atoms with Gasteiger partial charge < -0.3 is 9.47 Å². The maximum Gasteiger partial charge on any atom is 0.312 e. The monoisotopic (exact) mass is 230 g/mol. The summed E-state index contributed by atoms with van der Waals surface area (Å²) in [5.74, 6) is -0.195. The van der Waals surface area contributed by atoms with Crippen molar-refractivity contribution in [3.63, 3.8) is 0 Å². The first kappa shape index (κ1) is 14.9. The Morgan fingerprint density at radius 1 is 1.06 bits per heavy atom. The summed E-state index contributed by atoms with van der Waals surface area (Å²) < 4.78 is 9.46. The third kappa shape index (κ3) is 6.43. The van der Waals surface area contributed by atoms with Crippen molar-refractivity contribution in [1.29, 1.82) is 0 Å². The van der Waals surface area contributed by atoms with Gasteiger partial charge in [0.25, 0.3) is 0 Å². The first-order valence-electron chi connectivity index (χ1n) is 5.64. The fourth-order valence-corrected chi connectivity index (χ4v) is 1.43. The van der Waals surface area contributed by atoms with Crippen molar-refractivity contribution >= 4 is 11.9 Å². The Hall–Kier alpha value is -1.06. The molecule has 0 radical (unpaired) electrons. The molecule has 1 unspecified atom stereocenters. The van der Waals surface area contributed by atoms with E-state index in [1.165, 1.54) is 6.92 Å². The van der Waals surface area contributed by atoms with Crippen LogP contribution in [0.5, 0.6) is 0 Å². The molecule has 16 heavy (non-hydrogen) atoms. The first-order chi connectivity index (χ1) is 7.34. The van der Waals surface area contributed by atoms with Gasteiger partial charge in [0, 0.05) is 6.92 Å². The average molecular weight is 230 g/mol. The lowest BCUT2D eigenvalue weighted by Crippen LogP contribution is -2.25. The van der Waals surface area contributed by atoms with E-state index in [1.54, 1.807) is 0 Å². The number of carbonyl (C=O) groups excluding carboxylic acids is 2. The van der Waals surface area contributed by atoms with Gasteiger partial charge in [-0.3, -0.25) is 9.59 Å². The predicted octanol–water partition coefficient (Wildman–Crippen LogP) is 2.37. The maximum atomic E-state index is 11.7. The number of hydrogen-bond acceptors (Lipinski definition) is 4. The smallest absolute Gasteiger partial charge is 0.312 e. The molecular weight excluding hydrogens is 208 g/mol. The standard InChI is InChI=1S/C12H22O4/c1-8(2)6-11(9(3)4)12(14)16-7-15-10(5)13/h8-9,11H,6-7H2,1-5H3. The first-order valence-corrected chi connectivity index (χ1v) is 5.64. The van der Waals surface area contributed by atoms with E-state index in [-0.39, 0.29) is 24.6 Å². The fraction of sp³-hybridized carbons (Fsp3) is 0.833. The predicted molar refractivity (Wildman–Crippen MR) is 60.5 cm³/mol. The molecule has 0 fully saturated rings. The van der Waals surface area contributed by atoms with Gasteiger partial charge in [0.15, 0.2) is 0 Å². The second-order valence-corrected chi connectivity index (χ2v) is 4.70. The second kappa shape index (κ2) is 7.25. The number of rotatable bonds is 6. The molecule has 0 spiro atoms. The second-order valence-electron chi connectivity index (χ2n) is 4.70. The summed E-state index contributed by atoms with van der Waals surface area (Å²) in [6, 6.07) is 0. The molecule has 0 N–H and O–H groups in total. The largest absolute Gasteiger partial charge is 0.428 e. The molecule has 0 aliphatic carbocycles. The normalized spacial score (nSPS) is 12.7. The molecule has 0 bridgehead atoms. The highest BCUT2D eigenvalue weighted by Crippen LogP contribution is 2.21. The van der Waals surface area contributed by atoms with Crippen molar-refractivity contribution in [2.75, 3.05) is 6.79 Å². The van der Waals surface area contributed by atoms with Gasteiger partial charge in [-0.05, 0) is 18.3 Å². The van der Waals surface area contributed by atoms with E-state index in [2.05, 4.69) is 18.6 Å². The Kier molecular flexibility index (Phi) is 6.77. The average Bonchev–Trinajstić information content (AvgIpc) is 2.12. The molecule has 0 aromatic carbocycles. The van der Waals surface area contributed by atoms with E-state index in [4.69, 9.17) is 4.74 Å². The van der Waals surface area contributed by atoms with E-state index in [0.717, 1.165) is 6.42 Å². The SMILES string of the molecule is CC(=O)OCOC(=O)C(CC(C)C)C(C)C. The van der Waals surface area contributed by atoms with Gasteiger partial charge in [0.1, 0.15) is 0 Å². The van der Waals surface area contributed by atoms with Crippen molar-refractivity contribution in [2.45, 2.75) is 41.0 Å². The summed E-state index contributed by atoms with van der Waals surface area (Å²) in [4.78, 5) is 22.2. The van der Waals surface area contributed by atoms with Crippen molar-refractivity contribution in [1.82, 2.24) is 0 Å². The lowest BCUT2D eigenvalue weighted by Gasteiger charge is -2.20. The van der Waals surface area contributed by atoms with Crippen LogP contribution in [0.1, 0.15) is 41.0 Å². The van der Waals surface area contributed by atoms with Gasteiger partial charge in [0.05, 0.1) is 5.92 Å². The number of carbonyl (C=O) groups is 2. The zero-order chi connectivity index (χ0) is 12.7. The molecule has 0 aliphatic heterocycles. The summed E-state index contributed by atoms with van der Waals surface area (Å²) in [6.45, 7) is 9.10. The zero-order valence-electron chi connectivity index (χ0n) is 10.8. The highest BCUT2D eigenvalue weighted by Gasteiger charge is 2.24. The van der Waals surface area contributed by atoms with Crippen molar-refractivity contribution in [2.24, 2.45) is 17.8 Å². The molecule has 0 aromatic heterocycles. The molecule has 4 nitrogen and oxygen atoms in total. The van der Waals surface area contributed by atoms with Crippen LogP contribution in [0, 0.1) is 17.8 Å². The summed E-state index contributed by atoms with van der Waals surface area (Å²) in [5, 5.41) is 0. The third-order valence-corrected chi connectivity index (χ3v) is 2.30. The molecule has 0 amide bonds. The summed E-state index contributed by atoms with van der Waals surface area (Å²) in [5.41, 5.74) is 0. The molecule has 0 saturated carbocycles. The molecule has 4 heteroatoms. The Bertz CT molecular complexity index is 233. The van der Waals surface area contributed by atoms with Crippen LogP contribution in [0.4, 0.5) is 0 Å². The summed E-state index contributed by atoms with van der Waals surface area (Å²) in [7, 11) is 0. The van der Waals surface area contributed by atoms with Gasteiger partial charge in [-0.1, -0.05) is 27.7 Å². The van der Waals surface area contributed by atoms with Gasteiger partial charge in [-0.15, -0.1) is 0 Å². The Balaban J connectivity index is 4.12. The minimum Gasteiger partial charge on any atom is -0.428 e. The number of esters is 2. The molecule has 94 valence electrons. The van der Waals surface area contributed by atoms with E-state index < -0.39 is 5.97 Å². The molecular formula is C12H22O4. The number of hydrogen-bond donors (Lipinski definition) is 0. The zero-order valence-corrected chi connectivity index (χ0v) is 10.8. The van der Waals surface area contributed by atoms with Gasteiger partial charge >= 0.3 is 11.9 Å². The van der Waals surface area contributed by atoms with E-state index in [1.807, 2.05) is 13.8 Å². The molecule has 0 aliphatic rings. The Morgan fingerprint density at radius 2 is 1.62 bits per heavy atom. The minimum absolute atomic E-state index is 0.129. The van der Waals surface area contributed by atoms with Crippen LogP contribution in [-0.2, 0) is 19.1 Å². The highest BCUT2D eigenvalue weighted by molar-refractivity contribution is 5.73. The topological polar surface area (TPSA) is 52.6 Å². The van der Waals surface area contributed by atoms with Crippen LogP contribution >= 0.6 is 0 Å². The van der Waals surface area contributed by atoms with Crippen molar-refractivity contribution < 1.29 is 19.1 Å². The number of ether oxygens (including phenoxy) is 2. The van der Waals surface area contributed by atoms with E-state index in [9.17, 15) is 9.59 Å². The molecule has 0 rings (SSSR count). The van der Waals surface area contributed by atoms with Crippen LogP contribution in [-0.4, -0.2) is 18.7 Å². The van der Waals surface area contributed by atoms with Crippen LogP contribution in [0.3, 0.4) is 0 Å². The molecule has 1 atom stereocenters. The minimum atomic E-state index is -0.447. The lowest BCUT2D eigenvalue weighted by molar-refractivity contribution is -0.170. The Labute approximate surface area is 97.3 Å². The molecule has 0 heterocycles. The van der Waals surface area contributed by atoms with E-state index in [0.29, 0.717) is 5.92 Å². The van der Waals surface area contributed by atoms with Gasteiger partial charge in [-0.2, -0.15) is 0 Å². The van der Waals surface area contributed by atoms with Crippen molar-refractivity contribution in [3.05, 3.63) is 0 Å². The Morgan fingerprint density at radius 3 is 2.00 bits per heavy atom. The fourth-order valence-electron chi connectivity index (χ4n) is 1.43.